The number of aryl methyl sites for hydroxylation is 2. The molecule has 0 spiro atoms. The Kier molecular flexibility index (Phi) is 4.53. The van der Waals surface area contributed by atoms with Gasteiger partial charge in [0.05, 0.1) is 6.42 Å². The summed E-state index contributed by atoms with van der Waals surface area (Å²) in [6.45, 7) is 3.98. The van der Waals surface area contributed by atoms with E-state index in [-0.39, 0.29) is 5.78 Å². The zero-order valence-electron chi connectivity index (χ0n) is 10.7. The summed E-state index contributed by atoms with van der Waals surface area (Å²) < 4.78 is 1.98. The number of pyridine rings is 1. The predicted octanol–water partition coefficient (Wildman–Crippen LogP) is 4.65. The molecule has 0 aliphatic rings. The van der Waals surface area contributed by atoms with E-state index in [4.69, 9.17) is 0 Å². The topological polar surface area (TPSA) is 30.0 Å². The molecular weight excluding hydrogens is 370 g/mol. The normalized spacial score (nSPS) is 10.5. The minimum Gasteiger partial charge on any atom is -0.294 e. The molecule has 1 heterocycles. The summed E-state index contributed by atoms with van der Waals surface area (Å²) in [5.74, 6) is 0.0912. The van der Waals surface area contributed by atoms with Crippen molar-refractivity contribution in [3.05, 3.63) is 61.8 Å². The zero-order chi connectivity index (χ0) is 14.0. The van der Waals surface area contributed by atoms with E-state index in [0.717, 1.165) is 31.3 Å². The van der Waals surface area contributed by atoms with E-state index < -0.39 is 0 Å². The molecule has 2 aromatic rings. The van der Waals surface area contributed by atoms with E-state index in [2.05, 4.69) is 36.8 Å². The van der Waals surface area contributed by atoms with Crippen LogP contribution < -0.4 is 0 Å². The van der Waals surface area contributed by atoms with Gasteiger partial charge in [-0.25, -0.2) is 0 Å². The van der Waals surface area contributed by atoms with Gasteiger partial charge in [0.1, 0.15) is 0 Å². The van der Waals surface area contributed by atoms with Crippen molar-refractivity contribution in [3.63, 3.8) is 0 Å². The highest BCUT2D eigenvalue weighted by molar-refractivity contribution is 9.10. The number of hydrogen-bond acceptors (Lipinski definition) is 2. The second kappa shape index (κ2) is 5.97. The Hall–Kier alpha value is -1.000. The van der Waals surface area contributed by atoms with Gasteiger partial charge < -0.3 is 0 Å². The lowest BCUT2D eigenvalue weighted by Gasteiger charge is -2.07. The molecule has 0 fully saturated rings. The van der Waals surface area contributed by atoms with E-state index in [9.17, 15) is 4.79 Å². The molecule has 0 unspecified atom stereocenters. The fourth-order valence-electron chi connectivity index (χ4n) is 1.88. The van der Waals surface area contributed by atoms with Crippen LogP contribution in [0.25, 0.3) is 0 Å². The van der Waals surface area contributed by atoms with E-state index in [0.29, 0.717) is 6.42 Å². The van der Waals surface area contributed by atoms with Crippen molar-refractivity contribution in [2.75, 3.05) is 0 Å². The number of benzene rings is 1. The van der Waals surface area contributed by atoms with Crippen molar-refractivity contribution in [1.29, 1.82) is 0 Å². The van der Waals surface area contributed by atoms with Crippen LogP contribution in [0.4, 0.5) is 0 Å². The Morgan fingerprint density at radius 1 is 1.16 bits per heavy atom. The first-order valence-corrected chi connectivity index (χ1v) is 7.46. The number of carbonyl (C=O) groups is 1. The second-order valence-corrected chi connectivity index (χ2v) is 6.20. The van der Waals surface area contributed by atoms with Gasteiger partial charge in [-0.05, 0) is 65.2 Å². The van der Waals surface area contributed by atoms with Crippen LogP contribution >= 0.6 is 31.9 Å². The van der Waals surface area contributed by atoms with Gasteiger partial charge in [0, 0.05) is 26.4 Å². The summed E-state index contributed by atoms with van der Waals surface area (Å²) in [6, 6.07) is 7.59. The van der Waals surface area contributed by atoms with Gasteiger partial charge in [0.2, 0.25) is 0 Å². The molecule has 0 aliphatic heterocycles. The Morgan fingerprint density at radius 3 is 2.32 bits per heavy atom. The maximum absolute atomic E-state index is 12.2. The van der Waals surface area contributed by atoms with Crippen molar-refractivity contribution < 1.29 is 4.79 Å². The Balaban J connectivity index is 2.23. The largest absolute Gasteiger partial charge is 0.294 e. The third-order valence-corrected chi connectivity index (χ3v) is 4.61. The number of Topliss-reactive ketones (excluding diaryl/α,β-unsaturated/α-hetero) is 1. The maximum Gasteiger partial charge on any atom is 0.168 e. The number of hydrogen-bond donors (Lipinski definition) is 0. The van der Waals surface area contributed by atoms with Gasteiger partial charge in [0.15, 0.2) is 5.78 Å². The Labute approximate surface area is 129 Å². The van der Waals surface area contributed by atoms with E-state index in [1.54, 1.807) is 6.20 Å². The number of ketones is 1. The summed E-state index contributed by atoms with van der Waals surface area (Å²) in [5.41, 5.74) is 3.67. The van der Waals surface area contributed by atoms with E-state index >= 15 is 0 Å². The molecular formula is C15H13Br2NO. The van der Waals surface area contributed by atoms with Crippen molar-refractivity contribution >= 4 is 37.6 Å². The summed E-state index contributed by atoms with van der Waals surface area (Å²) in [4.78, 5) is 16.5. The molecule has 98 valence electrons. The van der Waals surface area contributed by atoms with Gasteiger partial charge in [-0.15, -0.1) is 0 Å². The smallest absolute Gasteiger partial charge is 0.168 e. The second-order valence-electron chi connectivity index (χ2n) is 4.49. The lowest BCUT2D eigenvalue weighted by Crippen LogP contribution is -2.06. The highest BCUT2D eigenvalue weighted by Gasteiger charge is 2.11. The zero-order valence-corrected chi connectivity index (χ0v) is 13.9. The van der Waals surface area contributed by atoms with Crippen molar-refractivity contribution in [1.82, 2.24) is 4.98 Å². The molecule has 0 aliphatic carbocycles. The minimum absolute atomic E-state index is 0.0912. The molecule has 0 saturated heterocycles. The van der Waals surface area contributed by atoms with Gasteiger partial charge in [-0.3, -0.25) is 9.78 Å². The first-order chi connectivity index (χ1) is 8.97. The van der Waals surface area contributed by atoms with E-state index in [1.807, 2.05) is 38.1 Å². The average molecular weight is 383 g/mol. The molecule has 1 aromatic carbocycles. The third kappa shape index (κ3) is 3.51. The van der Waals surface area contributed by atoms with E-state index in [1.165, 1.54) is 0 Å². The molecule has 2 nitrogen and oxygen atoms in total. The van der Waals surface area contributed by atoms with Crippen molar-refractivity contribution in [3.8, 4) is 0 Å². The van der Waals surface area contributed by atoms with Crippen LogP contribution in [0.5, 0.6) is 0 Å². The van der Waals surface area contributed by atoms with Crippen LogP contribution in [0.1, 0.15) is 27.2 Å². The number of halogens is 2. The first-order valence-electron chi connectivity index (χ1n) is 5.88. The number of rotatable bonds is 3. The summed E-state index contributed by atoms with van der Waals surface area (Å²) in [7, 11) is 0. The highest BCUT2D eigenvalue weighted by atomic mass is 79.9. The molecule has 0 N–H and O–H groups in total. The molecule has 0 atom stereocenters. The van der Waals surface area contributed by atoms with Crippen LogP contribution in [0, 0.1) is 13.8 Å². The predicted molar refractivity (Wildman–Crippen MR) is 83.6 cm³/mol. The molecule has 4 heteroatoms. The maximum atomic E-state index is 12.2. The molecule has 0 amide bonds. The van der Waals surface area contributed by atoms with Gasteiger partial charge >= 0.3 is 0 Å². The Bertz CT molecular complexity index is 598. The van der Waals surface area contributed by atoms with Crippen LogP contribution in [0.3, 0.4) is 0 Å². The SMILES string of the molecule is Cc1cc(C(=O)Cc2ccc(Br)cn2)cc(C)c1Br. The van der Waals surface area contributed by atoms with Crippen LogP contribution in [-0.4, -0.2) is 10.8 Å². The standard InChI is InChI=1S/C15H13Br2NO/c1-9-5-11(6-10(2)15(9)17)14(19)7-13-4-3-12(16)8-18-13/h3-6,8H,7H2,1-2H3. The van der Waals surface area contributed by atoms with Gasteiger partial charge in [-0.2, -0.15) is 0 Å². The van der Waals surface area contributed by atoms with Crippen LogP contribution in [0.2, 0.25) is 0 Å². The quantitative estimate of drug-likeness (QED) is 0.723. The molecule has 19 heavy (non-hydrogen) atoms. The minimum atomic E-state index is 0.0912. The number of carbonyl (C=O) groups excluding carboxylic acids is 1. The van der Waals surface area contributed by atoms with Gasteiger partial charge in [0.25, 0.3) is 0 Å². The van der Waals surface area contributed by atoms with Crippen molar-refractivity contribution in [2.24, 2.45) is 0 Å². The first kappa shape index (κ1) is 14.4. The number of nitrogens with zero attached hydrogens (tertiary/aromatic N) is 1. The summed E-state index contributed by atoms with van der Waals surface area (Å²) in [5, 5.41) is 0. The highest BCUT2D eigenvalue weighted by Crippen LogP contribution is 2.23. The fraction of sp³-hybridized carbons (Fsp3) is 0.200. The third-order valence-electron chi connectivity index (χ3n) is 2.89. The number of aromatic nitrogens is 1. The summed E-state index contributed by atoms with van der Waals surface area (Å²) in [6.07, 6.45) is 2.04. The monoisotopic (exact) mass is 381 g/mol. The molecule has 2 rings (SSSR count). The lowest BCUT2D eigenvalue weighted by atomic mass is 10.0. The van der Waals surface area contributed by atoms with Crippen molar-refractivity contribution in [2.45, 2.75) is 20.3 Å². The van der Waals surface area contributed by atoms with Crippen LogP contribution in [0.15, 0.2) is 39.4 Å². The lowest BCUT2D eigenvalue weighted by molar-refractivity contribution is 0.0991. The molecule has 0 saturated carbocycles. The fourth-order valence-corrected chi connectivity index (χ4v) is 2.35. The molecule has 0 radical (unpaired) electrons. The average Bonchev–Trinajstić information content (AvgIpc) is 2.38. The van der Waals surface area contributed by atoms with Crippen LogP contribution in [-0.2, 0) is 6.42 Å². The summed E-state index contributed by atoms with van der Waals surface area (Å²) >= 11 is 6.84. The Morgan fingerprint density at radius 2 is 1.79 bits per heavy atom. The molecule has 1 aromatic heterocycles. The van der Waals surface area contributed by atoms with Gasteiger partial charge in [-0.1, -0.05) is 15.9 Å². The molecule has 0 bridgehead atoms.